The first-order valence-corrected chi connectivity index (χ1v) is 7.32. The van der Waals surface area contributed by atoms with E-state index < -0.39 is 0 Å². The smallest absolute Gasteiger partial charge is 0.0949 e. The lowest BCUT2D eigenvalue weighted by molar-refractivity contribution is 0.180. The van der Waals surface area contributed by atoms with Gasteiger partial charge >= 0.3 is 0 Å². The molecule has 2 N–H and O–H groups in total. The molecule has 1 aliphatic heterocycles. The number of rotatable bonds is 7. The second-order valence-corrected chi connectivity index (χ2v) is 5.19. The lowest BCUT2D eigenvalue weighted by Crippen LogP contribution is -2.29. The summed E-state index contributed by atoms with van der Waals surface area (Å²) < 4.78 is 7.63. The zero-order valence-electron chi connectivity index (χ0n) is 12.1. The molecule has 0 aliphatic carbocycles. The Balaban J connectivity index is 1.96. The van der Waals surface area contributed by atoms with Crippen LogP contribution in [0.25, 0.3) is 0 Å². The molecule has 1 aliphatic rings. The van der Waals surface area contributed by atoms with Crippen molar-refractivity contribution in [2.24, 2.45) is 11.7 Å². The molecule has 2 heterocycles. The molecule has 1 fully saturated rings. The van der Waals surface area contributed by atoms with Crippen molar-refractivity contribution in [3.8, 4) is 0 Å². The molecule has 0 bridgehead atoms. The van der Waals surface area contributed by atoms with Crippen molar-refractivity contribution in [3.63, 3.8) is 0 Å². The van der Waals surface area contributed by atoms with Gasteiger partial charge in [-0.25, -0.2) is 4.98 Å². The van der Waals surface area contributed by atoms with Crippen molar-refractivity contribution in [2.45, 2.75) is 32.9 Å². The highest BCUT2D eigenvalue weighted by Crippen LogP contribution is 2.26. The Labute approximate surface area is 115 Å². The van der Waals surface area contributed by atoms with Crippen LogP contribution in [0.1, 0.15) is 32.0 Å². The molecule has 0 radical (unpaired) electrons. The molecule has 2 unspecified atom stereocenters. The number of ether oxygens (including phenoxy) is 1. The van der Waals surface area contributed by atoms with Crippen LogP contribution in [-0.2, 0) is 11.3 Å². The maximum absolute atomic E-state index is 6.36. The number of hydrogen-bond acceptors (Lipinski definition) is 4. The number of imidazole rings is 1. The van der Waals surface area contributed by atoms with Crippen molar-refractivity contribution in [3.05, 3.63) is 18.2 Å². The summed E-state index contributed by atoms with van der Waals surface area (Å²) in [5.41, 5.74) is 7.50. The highest BCUT2D eigenvalue weighted by atomic mass is 16.5. The predicted molar refractivity (Wildman–Crippen MR) is 75.9 cm³/mol. The number of nitrogens with zero attached hydrogens (tertiary/aromatic N) is 3. The van der Waals surface area contributed by atoms with Gasteiger partial charge < -0.3 is 19.9 Å². The summed E-state index contributed by atoms with van der Waals surface area (Å²) in [7, 11) is 0. The largest absolute Gasteiger partial charge is 0.381 e. The summed E-state index contributed by atoms with van der Waals surface area (Å²) in [5.74, 6) is 0.434. The molecule has 2 atom stereocenters. The number of nitrogens with two attached hydrogens (primary N) is 1. The van der Waals surface area contributed by atoms with E-state index in [1.807, 2.05) is 12.5 Å². The van der Waals surface area contributed by atoms with Gasteiger partial charge in [0.25, 0.3) is 0 Å². The van der Waals surface area contributed by atoms with Crippen molar-refractivity contribution in [1.82, 2.24) is 14.5 Å². The minimum atomic E-state index is 0.0432. The van der Waals surface area contributed by atoms with Crippen LogP contribution in [-0.4, -0.2) is 47.3 Å². The first-order chi connectivity index (χ1) is 9.26. The van der Waals surface area contributed by atoms with Gasteiger partial charge in [0.05, 0.1) is 24.7 Å². The Morgan fingerprint density at radius 2 is 2.32 bits per heavy atom. The van der Waals surface area contributed by atoms with Crippen molar-refractivity contribution < 1.29 is 4.74 Å². The lowest BCUT2D eigenvalue weighted by atomic mass is 9.97. The predicted octanol–water partition coefficient (Wildman–Crippen LogP) is 1.26. The SMILES string of the molecule is CCN(CC)CCn1cncc1C(N)C1CCOC1. The maximum Gasteiger partial charge on any atom is 0.0949 e. The molecule has 0 spiro atoms. The average molecular weight is 266 g/mol. The number of likely N-dealkylation sites (N-methyl/N-ethyl adjacent to an activating group) is 1. The average Bonchev–Trinajstić information content (AvgIpc) is 3.10. The molecule has 1 aromatic rings. The van der Waals surface area contributed by atoms with Gasteiger partial charge in [-0.1, -0.05) is 13.8 Å². The molecule has 0 saturated carbocycles. The standard InChI is InChI=1S/C14H26N4O/c1-3-17(4-2)6-7-18-11-16-9-13(18)14(15)12-5-8-19-10-12/h9,11-12,14H,3-8,10,15H2,1-2H3. The van der Waals surface area contributed by atoms with Gasteiger partial charge in [-0.3, -0.25) is 0 Å². The highest BCUT2D eigenvalue weighted by molar-refractivity contribution is 5.07. The van der Waals surface area contributed by atoms with E-state index in [1.165, 1.54) is 0 Å². The highest BCUT2D eigenvalue weighted by Gasteiger charge is 2.26. The minimum Gasteiger partial charge on any atom is -0.381 e. The Hall–Kier alpha value is -0.910. The molecule has 0 amide bonds. The maximum atomic E-state index is 6.36. The molecule has 5 heteroatoms. The van der Waals surface area contributed by atoms with E-state index in [4.69, 9.17) is 10.5 Å². The summed E-state index contributed by atoms with van der Waals surface area (Å²) in [4.78, 5) is 6.68. The summed E-state index contributed by atoms with van der Waals surface area (Å²) >= 11 is 0. The topological polar surface area (TPSA) is 56.3 Å². The number of aromatic nitrogens is 2. The van der Waals surface area contributed by atoms with Gasteiger partial charge in [0.15, 0.2) is 0 Å². The van der Waals surface area contributed by atoms with Gasteiger partial charge in [0, 0.05) is 31.8 Å². The fourth-order valence-corrected chi connectivity index (χ4v) is 2.66. The van der Waals surface area contributed by atoms with E-state index in [0.717, 1.165) is 51.5 Å². The van der Waals surface area contributed by atoms with Gasteiger partial charge in [0.1, 0.15) is 0 Å². The molecule has 2 rings (SSSR count). The third kappa shape index (κ3) is 3.55. The van der Waals surface area contributed by atoms with E-state index in [0.29, 0.717) is 5.92 Å². The van der Waals surface area contributed by atoms with Crippen LogP contribution in [0, 0.1) is 5.92 Å². The van der Waals surface area contributed by atoms with Gasteiger partial charge in [-0.15, -0.1) is 0 Å². The van der Waals surface area contributed by atoms with Crippen LogP contribution in [0.4, 0.5) is 0 Å². The first kappa shape index (κ1) is 14.5. The first-order valence-electron chi connectivity index (χ1n) is 7.32. The van der Waals surface area contributed by atoms with Crippen LogP contribution >= 0.6 is 0 Å². The molecular weight excluding hydrogens is 240 g/mol. The number of hydrogen-bond donors (Lipinski definition) is 1. The summed E-state index contributed by atoms with van der Waals surface area (Å²) in [6, 6.07) is 0.0432. The fourth-order valence-electron chi connectivity index (χ4n) is 2.66. The molecule has 0 aromatic carbocycles. The summed E-state index contributed by atoms with van der Waals surface area (Å²) in [6.07, 6.45) is 4.86. The Morgan fingerprint density at radius 1 is 1.53 bits per heavy atom. The van der Waals surface area contributed by atoms with Crippen LogP contribution in [0.15, 0.2) is 12.5 Å². The van der Waals surface area contributed by atoms with Crippen LogP contribution in [0.5, 0.6) is 0 Å². The van der Waals surface area contributed by atoms with Crippen molar-refractivity contribution in [2.75, 3.05) is 32.8 Å². The van der Waals surface area contributed by atoms with Crippen LogP contribution < -0.4 is 5.73 Å². The van der Waals surface area contributed by atoms with E-state index >= 15 is 0 Å². The lowest BCUT2D eigenvalue weighted by Gasteiger charge is -2.22. The molecule has 1 aromatic heterocycles. The van der Waals surface area contributed by atoms with E-state index in [2.05, 4.69) is 28.3 Å². The van der Waals surface area contributed by atoms with Gasteiger partial charge in [-0.2, -0.15) is 0 Å². The normalized spacial score (nSPS) is 21.2. The van der Waals surface area contributed by atoms with Crippen LogP contribution in [0.2, 0.25) is 0 Å². The molecular formula is C14H26N4O. The van der Waals surface area contributed by atoms with Crippen molar-refractivity contribution in [1.29, 1.82) is 0 Å². The quantitative estimate of drug-likeness (QED) is 0.807. The zero-order chi connectivity index (χ0) is 13.7. The van der Waals surface area contributed by atoms with Gasteiger partial charge in [0.2, 0.25) is 0 Å². The molecule has 1 saturated heterocycles. The van der Waals surface area contributed by atoms with Crippen LogP contribution in [0.3, 0.4) is 0 Å². The van der Waals surface area contributed by atoms with E-state index in [-0.39, 0.29) is 6.04 Å². The third-order valence-corrected chi connectivity index (χ3v) is 4.11. The summed E-state index contributed by atoms with van der Waals surface area (Å²) in [5, 5.41) is 0. The minimum absolute atomic E-state index is 0.0432. The van der Waals surface area contributed by atoms with E-state index in [1.54, 1.807) is 0 Å². The van der Waals surface area contributed by atoms with E-state index in [9.17, 15) is 0 Å². The second kappa shape index (κ2) is 7.03. The molecule has 5 nitrogen and oxygen atoms in total. The van der Waals surface area contributed by atoms with Crippen molar-refractivity contribution >= 4 is 0 Å². The monoisotopic (exact) mass is 266 g/mol. The summed E-state index contributed by atoms with van der Waals surface area (Å²) in [6.45, 7) is 10.2. The van der Waals surface area contributed by atoms with Gasteiger partial charge in [-0.05, 0) is 19.5 Å². The molecule has 108 valence electrons. The zero-order valence-corrected chi connectivity index (χ0v) is 12.1. The Morgan fingerprint density at radius 3 is 2.95 bits per heavy atom. The second-order valence-electron chi connectivity index (χ2n) is 5.19. The fraction of sp³-hybridized carbons (Fsp3) is 0.786. The third-order valence-electron chi connectivity index (χ3n) is 4.11. The Kier molecular flexibility index (Phi) is 5.36. The Bertz CT molecular complexity index is 369. The molecule has 19 heavy (non-hydrogen) atoms.